The number of benzene rings is 3. The number of methoxy groups -OCH3 is 3. The van der Waals surface area contributed by atoms with Gasteiger partial charge >= 0.3 is 17.9 Å². The third kappa shape index (κ3) is 42.3. The Kier molecular flexibility index (Phi) is 57.8. The second-order valence-corrected chi connectivity index (χ2v) is 43.8. The molecule has 5 aliphatic rings. The van der Waals surface area contributed by atoms with Crippen molar-refractivity contribution < 1.29 is 66.3 Å². The molecular formula is C110H184N2O15S2. The molecule has 3 aromatic carbocycles. The van der Waals surface area contributed by atoms with Crippen molar-refractivity contribution in [2.24, 2.45) is 68.7 Å². The van der Waals surface area contributed by atoms with E-state index in [2.05, 4.69) is 263 Å². The normalized spacial score (nSPS) is 21.8. The number of nitrogens with zero attached hydrogens (tertiary/aromatic N) is 1. The molecule has 736 valence electrons. The Hall–Kier alpha value is -6.58. The van der Waals surface area contributed by atoms with Crippen LogP contribution in [0, 0.1) is 104 Å². The lowest BCUT2D eigenvalue weighted by atomic mass is 9.41. The number of ketones is 1. The van der Waals surface area contributed by atoms with Crippen molar-refractivity contribution in [1.82, 2.24) is 5.32 Å². The summed E-state index contributed by atoms with van der Waals surface area (Å²) in [4.78, 5) is 76.7. The summed E-state index contributed by atoms with van der Waals surface area (Å²) < 4.78 is 55.8. The summed E-state index contributed by atoms with van der Waals surface area (Å²) in [6.45, 7) is 86.3. The van der Waals surface area contributed by atoms with Crippen LogP contribution >= 0.6 is 23.3 Å². The van der Waals surface area contributed by atoms with E-state index in [0.29, 0.717) is 46.8 Å². The number of nitrogens with one attached hydrogen (secondary N) is 1. The molecule has 2 unspecified atom stereocenters. The smallest absolute Gasteiger partial charge is 0.337 e. The van der Waals surface area contributed by atoms with E-state index in [4.69, 9.17) is 37.9 Å². The van der Waals surface area contributed by atoms with Crippen LogP contribution in [-0.4, -0.2) is 122 Å². The molecule has 19 heteroatoms. The molecule has 1 aliphatic heterocycles. The molecule has 10 rings (SSSR count). The van der Waals surface area contributed by atoms with E-state index in [9.17, 15) is 24.1 Å². The van der Waals surface area contributed by atoms with E-state index in [-0.39, 0.29) is 46.9 Å². The standard InChI is InChI=1S/C35H53NO12.C14H22.2C9H12.C7H15NOS.C7H16O.C7H14.C6H12.C4H4O.C4H4S.2C4H10/c1-16-18(3)33(10)27(34(48-22(7)39)15-45-29(16)34)30(46-21(6)38)35(44-13)14-23(47-31(41)25(42-11)19(4)36-20(5)37)17(2)24(32(35,8)9)26(43-12)28(33)40;1-8(2)14-12(6)10(4)9(3)11(5)13(14)7;2*1-8(2)9-6-4-3-5-7-9;1-6(2)5-7(3,4)10-8-9;1-6(2)8-7(3,4)5;1-6(2)5-7(3)4;1-5(2)6-3-4-6;2*1-2-4-5-3-1;2*1-4(2)3/h16,18-19,23,25-27,29-30H,14-15H2,1-13H3,(H,36,37);8H,1-7H3;2*3-8H,1-2H3;6H,5H2,1-4H3;6H,1-5H3;5-6H,1-4H3;5-6H,3-4H2,1-2H3;2*1-4H;2*4H,1-3H3/t16?,18?,19-,23-,25+,26+,27-,29+,30-,33+,34+,35+;;;;;;;;;;;/m0.........../s1. The highest BCUT2D eigenvalue weighted by atomic mass is 32.2. The monoisotopic (exact) mass is 1840 g/mol. The first kappa shape index (κ1) is 124. The average molecular weight is 1840 g/mol. The fourth-order valence-electron chi connectivity index (χ4n) is 17.5. The maximum absolute atomic E-state index is 15.3. The predicted molar refractivity (Wildman–Crippen MR) is 544 cm³/mol. The van der Waals surface area contributed by atoms with Crippen molar-refractivity contribution in [3.8, 4) is 0 Å². The molecule has 129 heavy (non-hydrogen) atoms. The number of hydrogen-bond donors (Lipinski definition) is 1. The maximum Gasteiger partial charge on any atom is 0.337 e. The topological polar surface area (TPSA) is 214 Å². The molecule has 2 bridgehead atoms. The first-order valence-corrected chi connectivity index (χ1v) is 49.0. The Morgan fingerprint density at radius 1 is 0.628 bits per heavy atom. The summed E-state index contributed by atoms with van der Waals surface area (Å²) in [5, 5.41) is 6.75. The fraction of sp³-hybridized carbons (Fsp3) is 0.682. The lowest BCUT2D eigenvalue weighted by Crippen LogP contribution is -2.82. The largest absolute Gasteiger partial charge is 0.473 e. The van der Waals surface area contributed by atoms with Crippen LogP contribution in [0.15, 0.2) is 140 Å². The van der Waals surface area contributed by atoms with Crippen LogP contribution in [0.3, 0.4) is 0 Å². The highest BCUT2D eigenvalue weighted by Gasteiger charge is 2.79. The number of rotatable bonds is 19. The number of fused-ring (bicyclic) bond motifs is 5. The van der Waals surface area contributed by atoms with Crippen molar-refractivity contribution in [3.63, 3.8) is 0 Å². The van der Waals surface area contributed by atoms with Crippen molar-refractivity contribution in [2.45, 2.75) is 398 Å². The predicted octanol–water partition coefficient (Wildman–Crippen LogP) is 29.1. The number of allylic oxidation sites excluding steroid dienone is 2. The first-order chi connectivity index (χ1) is 59.5. The lowest BCUT2D eigenvalue weighted by Gasteiger charge is -2.70. The molecular weight excluding hydrogens is 1650 g/mol. The molecule has 4 aliphatic carbocycles. The summed E-state index contributed by atoms with van der Waals surface area (Å²) in [7, 11) is 4.29. The fourth-order valence-corrected chi connectivity index (χ4v) is 18.5. The van der Waals surface area contributed by atoms with Crippen LogP contribution in [0.4, 0.5) is 0 Å². The van der Waals surface area contributed by atoms with Gasteiger partial charge in [-0.15, -0.1) is 4.91 Å². The molecule has 17 nitrogen and oxygen atoms in total. The van der Waals surface area contributed by atoms with Crippen LogP contribution in [0.1, 0.15) is 344 Å². The van der Waals surface area contributed by atoms with E-state index >= 15 is 4.79 Å². The third-order valence-corrected chi connectivity index (χ3v) is 24.9. The Morgan fingerprint density at radius 2 is 1.09 bits per heavy atom. The number of carbonyl (C=O) groups is 5. The molecule has 1 N–H and O–H groups in total. The number of thiophene rings is 1. The van der Waals surface area contributed by atoms with Gasteiger partial charge in [0, 0.05) is 80.6 Å². The van der Waals surface area contributed by atoms with Gasteiger partial charge in [0.2, 0.25) is 5.91 Å². The Labute approximate surface area is 795 Å². The Morgan fingerprint density at radius 3 is 1.35 bits per heavy atom. The van der Waals surface area contributed by atoms with Crippen LogP contribution in [-0.2, 0) is 61.9 Å². The third-order valence-electron chi connectivity index (χ3n) is 23.6. The number of esters is 3. The van der Waals surface area contributed by atoms with E-state index in [1.807, 2.05) is 109 Å². The van der Waals surface area contributed by atoms with Crippen LogP contribution in [0.5, 0.6) is 0 Å². The highest BCUT2D eigenvalue weighted by Crippen LogP contribution is 2.67. The summed E-state index contributed by atoms with van der Waals surface area (Å²) in [5.41, 5.74) is 9.15. The summed E-state index contributed by atoms with van der Waals surface area (Å²) in [6.07, 6.45) is 4.82. The number of ether oxygens (including phenoxy) is 8. The molecule has 2 aromatic heterocycles. The van der Waals surface area contributed by atoms with E-state index in [0.717, 1.165) is 42.0 Å². The minimum Gasteiger partial charge on any atom is -0.473 e. The van der Waals surface area contributed by atoms with Crippen LogP contribution < -0.4 is 5.32 Å². The molecule has 3 saturated carbocycles. The second-order valence-electron chi connectivity index (χ2n) is 41.5. The molecule has 0 radical (unpaired) electrons. The van der Waals surface area contributed by atoms with Gasteiger partial charge in [-0.3, -0.25) is 19.2 Å². The van der Waals surface area contributed by atoms with Gasteiger partial charge in [-0.1, -0.05) is 244 Å². The van der Waals surface area contributed by atoms with Gasteiger partial charge in [-0.2, -0.15) is 11.3 Å². The number of hydrogen-bond acceptors (Lipinski definition) is 18. The molecule has 3 heterocycles. The lowest BCUT2D eigenvalue weighted by molar-refractivity contribution is -0.356. The van der Waals surface area contributed by atoms with Gasteiger partial charge in [0.1, 0.15) is 30.0 Å². The van der Waals surface area contributed by atoms with E-state index < -0.39 is 82.4 Å². The summed E-state index contributed by atoms with van der Waals surface area (Å²) >= 11 is 2.84. The van der Waals surface area contributed by atoms with Gasteiger partial charge in [0.05, 0.1) is 42.8 Å². The SMILES string of the molecule is CC(C)=CC(C)C.CC(C)C.CC(C)C.CC(C)C1CC1.CC(C)CC(C)(C)SN=O.CC(C)OC(C)(C)C.CC(C)c1ccccc1.CC(C)c1ccccc1.CO[C@H]1C(=O)[C@]2(C)C(C)C(C)[C@H]3OC[C@@]3(OC(C)=O)[C@H]2[C@H](OC(C)=O)[C@]2(OC)C[C@H](OC(=O)[C@H](OC)[C@H](C)NC(C)=O)C(C)=C1C2(C)C.Cc1c(C)c(C)c(C(C)C)c(C)c1C.c1ccoc1.c1ccsc1. The zero-order valence-electron chi connectivity index (χ0n) is 89.4. The van der Waals surface area contributed by atoms with Crippen molar-refractivity contribution in [1.29, 1.82) is 0 Å². The van der Waals surface area contributed by atoms with Gasteiger partial charge in [-0.25, -0.2) is 4.79 Å². The number of amides is 1. The maximum atomic E-state index is 15.3. The molecule has 12 atom stereocenters. The molecule has 1 amide bonds. The summed E-state index contributed by atoms with van der Waals surface area (Å²) in [6, 6.07) is 28.0. The van der Waals surface area contributed by atoms with Gasteiger partial charge in [0.15, 0.2) is 17.5 Å². The van der Waals surface area contributed by atoms with E-state index in [1.54, 1.807) is 43.3 Å². The molecule has 5 aromatic rings. The minimum absolute atomic E-state index is 0.00326. The van der Waals surface area contributed by atoms with E-state index in [1.165, 1.54) is 99.5 Å². The Balaban J connectivity index is 0. The van der Waals surface area contributed by atoms with Crippen molar-refractivity contribution in [2.75, 3.05) is 27.9 Å². The number of Topliss-reactive ketones (excluding diaryl/α,β-unsaturated/α-hetero) is 1. The van der Waals surface area contributed by atoms with Gasteiger partial charge in [0.25, 0.3) is 0 Å². The quantitative estimate of drug-likeness (QED) is 0.0267. The Bertz CT molecular complexity index is 3870. The zero-order valence-corrected chi connectivity index (χ0v) is 91.0. The number of carbonyl (C=O) groups excluding carboxylic acids is 5. The first-order valence-electron chi connectivity index (χ1n) is 47.3. The molecule has 0 spiro atoms. The number of furan rings is 1. The van der Waals surface area contributed by atoms with Crippen molar-refractivity contribution in [3.05, 3.63) is 180 Å². The van der Waals surface area contributed by atoms with Crippen LogP contribution in [0.25, 0.3) is 0 Å². The zero-order chi connectivity index (χ0) is 100. The number of nitroso groups, excluding NO2 is 1. The molecule has 1 saturated heterocycles. The van der Waals surface area contributed by atoms with Gasteiger partial charge < -0.3 is 47.6 Å². The second kappa shape index (κ2) is 59.9. The molecule has 4 fully saturated rings. The van der Waals surface area contributed by atoms with Crippen molar-refractivity contribution >= 4 is 52.9 Å². The van der Waals surface area contributed by atoms with Gasteiger partial charge in [-0.05, 0) is 274 Å². The average Bonchev–Trinajstić information content (AvgIpc) is 1.16. The van der Waals surface area contributed by atoms with Crippen LogP contribution in [0.2, 0.25) is 0 Å². The highest BCUT2D eigenvalue weighted by molar-refractivity contribution is 7.99. The summed E-state index contributed by atoms with van der Waals surface area (Å²) in [5.74, 6) is 2.93. The minimum atomic E-state index is -1.46.